The quantitative estimate of drug-likeness (QED) is 0.291. The first-order valence-corrected chi connectivity index (χ1v) is 14.4. The maximum atomic E-state index is 13.2. The summed E-state index contributed by atoms with van der Waals surface area (Å²) in [5.41, 5.74) is 3.93. The number of ether oxygens (including phenoxy) is 2. The van der Waals surface area contributed by atoms with E-state index in [9.17, 15) is 20.4 Å². The number of carbonyl (C=O) groups is 1. The number of anilines is 1. The van der Waals surface area contributed by atoms with Crippen LogP contribution >= 0.6 is 0 Å². The fourth-order valence-corrected chi connectivity index (χ4v) is 4.47. The molecule has 1 aliphatic carbocycles. The third-order valence-corrected chi connectivity index (χ3v) is 6.66. The highest BCUT2D eigenvalue weighted by atomic mass is 16.6. The minimum absolute atomic E-state index is 0.144. The number of benzene rings is 2. The lowest BCUT2D eigenvalue weighted by Crippen LogP contribution is -2.38. The molecule has 8 nitrogen and oxygen atoms in total. The maximum absolute atomic E-state index is 13.2. The molecule has 1 N–H and O–H groups in total. The number of nitrogens with zero attached hydrogens (tertiary/aromatic N) is 4. The average molecular weight is 569 g/mol. The summed E-state index contributed by atoms with van der Waals surface area (Å²) in [5.74, 6) is 0.673. The molecule has 1 unspecified atom stereocenters. The summed E-state index contributed by atoms with van der Waals surface area (Å²) in [4.78, 5) is 19.3. The van der Waals surface area contributed by atoms with E-state index in [0.717, 1.165) is 24.0 Å². The van der Waals surface area contributed by atoms with Crippen LogP contribution in [0.1, 0.15) is 87.1 Å². The summed E-state index contributed by atoms with van der Waals surface area (Å²) >= 11 is 0. The molecule has 1 amide bonds. The number of hydrogen-bond acceptors (Lipinski definition) is 7. The van der Waals surface area contributed by atoms with E-state index in [0.29, 0.717) is 40.2 Å². The second-order valence-corrected chi connectivity index (χ2v) is 11.0. The fourth-order valence-electron chi connectivity index (χ4n) is 4.47. The van der Waals surface area contributed by atoms with E-state index >= 15 is 0 Å². The Balaban J connectivity index is 0.00000237. The minimum Gasteiger partial charge on any atom is -0.487 e. The number of amides is 1. The number of hydrogen-bond donors (Lipinski definition) is 1. The predicted molar refractivity (Wildman–Crippen MR) is 162 cm³/mol. The van der Waals surface area contributed by atoms with E-state index in [1.54, 1.807) is 42.6 Å². The summed E-state index contributed by atoms with van der Waals surface area (Å²) in [6.07, 6.45) is 2.77. The van der Waals surface area contributed by atoms with Gasteiger partial charge in [0.1, 0.15) is 18.0 Å². The number of aryl methyl sites for hydroxylation is 1. The molecule has 1 aliphatic rings. The van der Waals surface area contributed by atoms with Crippen molar-refractivity contribution >= 4 is 11.8 Å². The highest BCUT2D eigenvalue weighted by Crippen LogP contribution is 2.45. The monoisotopic (exact) mass is 568 g/mol. The minimum atomic E-state index is -0.720. The normalized spacial score (nSPS) is 13.1. The van der Waals surface area contributed by atoms with Crippen LogP contribution in [0.25, 0.3) is 0 Å². The molecule has 2 aromatic carbocycles. The third-order valence-electron chi connectivity index (χ3n) is 6.66. The summed E-state index contributed by atoms with van der Waals surface area (Å²) in [6.45, 7) is 11.8. The SMILES string of the molecule is CC.Cc1ncc(CCN(C(=O)OC(C)(C)C)c2ccc(C#N)cc2)c(C(O)C2CC2)c1OCc1cccc(C#N)c1. The van der Waals surface area contributed by atoms with Crippen molar-refractivity contribution in [1.82, 2.24) is 4.98 Å². The molecule has 0 aliphatic heterocycles. The zero-order valence-electron chi connectivity index (χ0n) is 25.3. The Labute approximate surface area is 249 Å². The lowest BCUT2D eigenvalue weighted by Gasteiger charge is -2.28. The van der Waals surface area contributed by atoms with Crippen LogP contribution in [0.3, 0.4) is 0 Å². The van der Waals surface area contributed by atoms with Crippen LogP contribution in [0.5, 0.6) is 5.75 Å². The molecule has 1 saturated carbocycles. The molecule has 0 radical (unpaired) electrons. The lowest BCUT2D eigenvalue weighted by molar-refractivity contribution is 0.0580. The molecule has 0 saturated heterocycles. The Morgan fingerprint density at radius 1 is 1.10 bits per heavy atom. The fraction of sp³-hybridized carbons (Fsp3) is 0.412. The molecular formula is C34H40N4O4. The van der Waals surface area contributed by atoms with Gasteiger partial charge in [0.2, 0.25) is 0 Å². The van der Waals surface area contributed by atoms with Gasteiger partial charge in [0.05, 0.1) is 35.1 Å². The van der Waals surface area contributed by atoms with Crippen molar-refractivity contribution < 1.29 is 19.4 Å². The highest BCUT2D eigenvalue weighted by Gasteiger charge is 2.35. The number of rotatable bonds is 9. The van der Waals surface area contributed by atoms with Crippen LogP contribution in [0.4, 0.5) is 10.5 Å². The third kappa shape index (κ3) is 8.55. The number of carbonyl (C=O) groups excluding carboxylic acids is 1. The molecule has 1 fully saturated rings. The average Bonchev–Trinajstić information content (AvgIpc) is 3.83. The molecule has 4 rings (SSSR count). The lowest BCUT2D eigenvalue weighted by atomic mass is 9.96. The number of nitriles is 2. The van der Waals surface area contributed by atoms with E-state index < -0.39 is 17.8 Å². The molecule has 3 aromatic rings. The van der Waals surface area contributed by atoms with Crippen LogP contribution in [0.15, 0.2) is 54.7 Å². The standard InChI is InChI=1S/C32H34N4O4.C2H6/c1-21-30(39-20-24-7-5-6-23(16-24)18-34)28(29(37)25-10-11-25)26(19-35-21)14-15-36(31(38)40-32(2,3)4)27-12-8-22(17-33)9-13-27;1-2/h5-9,12-13,16,19,25,29,37H,10-11,14-15,20H2,1-4H3;1-2H3. The van der Waals surface area contributed by atoms with E-state index in [1.807, 2.05) is 53.7 Å². The van der Waals surface area contributed by atoms with Crippen LogP contribution in [0, 0.1) is 35.5 Å². The highest BCUT2D eigenvalue weighted by molar-refractivity contribution is 5.88. The van der Waals surface area contributed by atoms with Crippen LogP contribution < -0.4 is 9.64 Å². The first-order chi connectivity index (χ1) is 20.1. The molecule has 1 aromatic heterocycles. The van der Waals surface area contributed by atoms with Crippen molar-refractivity contribution in [2.75, 3.05) is 11.4 Å². The second kappa shape index (κ2) is 14.5. The van der Waals surface area contributed by atoms with Crippen molar-refractivity contribution in [3.63, 3.8) is 0 Å². The van der Waals surface area contributed by atoms with Gasteiger partial charge in [-0.2, -0.15) is 10.5 Å². The van der Waals surface area contributed by atoms with Crippen molar-refractivity contribution in [3.8, 4) is 17.9 Å². The molecule has 1 atom stereocenters. The van der Waals surface area contributed by atoms with Gasteiger partial charge in [-0.3, -0.25) is 9.88 Å². The van der Waals surface area contributed by atoms with Gasteiger partial charge in [-0.25, -0.2) is 4.79 Å². The predicted octanol–water partition coefficient (Wildman–Crippen LogP) is 7.17. The van der Waals surface area contributed by atoms with Gasteiger partial charge in [0.25, 0.3) is 0 Å². The Bertz CT molecular complexity index is 1440. The van der Waals surface area contributed by atoms with Gasteiger partial charge >= 0.3 is 6.09 Å². The van der Waals surface area contributed by atoms with Crippen LogP contribution in [-0.4, -0.2) is 28.3 Å². The Morgan fingerprint density at radius 2 is 1.76 bits per heavy atom. The van der Waals surface area contributed by atoms with E-state index in [1.165, 1.54) is 4.90 Å². The van der Waals surface area contributed by atoms with E-state index in [4.69, 9.17) is 9.47 Å². The number of aromatic nitrogens is 1. The second-order valence-electron chi connectivity index (χ2n) is 11.0. The van der Waals surface area contributed by atoms with E-state index in [2.05, 4.69) is 17.1 Å². The smallest absolute Gasteiger partial charge is 0.414 e. The Morgan fingerprint density at radius 3 is 2.36 bits per heavy atom. The molecule has 42 heavy (non-hydrogen) atoms. The van der Waals surface area contributed by atoms with Gasteiger partial charge in [0, 0.05) is 24.0 Å². The van der Waals surface area contributed by atoms with Crippen LogP contribution in [0.2, 0.25) is 0 Å². The van der Waals surface area contributed by atoms with Crippen molar-refractivity contribution in [2.45, 2.75) is 79.1 Å². The number of aliphatic hydroxyl groups is 1. The largest absolute Gasteiger partial charge is 0.487 e. The van der Waals surface area contributed by atoms with E-state index in [-0.39, 0.29) is 19.1 Å². The molecule has 8 heteroatoms. The maximum Gasteiger partial charge on any atom is 0.414 e. The zero-order valence-corrected chi connectivity index (χ0v) is 25.3. The topological polar surface area (TPSA) is 119 Å². The molecule has 0 spiro atoms. The van der Waals surface area contributed by atoms with Crippen molar-refractivity contribution in [2.24, 2.45) is 5.92 Å². The summed E-state index contributed by atoms with van der Waals surface area (Å²) < 4.78 is 11.9. The molecule has 0 bridgehead atoms. The molecule has 1 heterocycles. The molecule has 220 valence electrons. The first kappa shape index (κ1) is 32.1. The molecular weight excluding hydrogens is 528 g/mol. The van der Waals surface area contributed by atoms with Crippen molar-refractivity contribution in [1.29, 1.82) is 10.5 Å². The van der Waals surface area contributed by atoms with Gasteiger partial charge in [-0.05, 0) is 100 Å². The summed E-state index contributed by atoms with van der Waals surface area (Å²) in [7, 11) is 0. The zero-order chi connectivity index (χ0) is 30.9. The van der Waals surface area contributed by atoms with Gasteiger partial charge in [-0.1, -0.05) is 26.0 Å². The number of pyridine rings is 1. The number of aliphatic hydroxyl groups excluding tert-OH is 1. The van der Waals surface area contributed by atoms with Gasteiger partial charge in [-0.15, -0.1) is 0 Å². The van der Waals surface area contributed by atoms with Crippen molar-refractivity contribution in [3.05, 3.63) is 88.2 Å². The Kier molecular flexibility index (Phi) is 11.1. The first-order valence-electron chi connectivity index (χ1n) is 14.4. The Hall–Kier alpha value is -4.40. The van der Waals surface area contributed by atoms with Gasteiger partial charge < -0.3 is 14.6 Å². The van der Waals surface area contributed by atoms with Crippen LogP contribution in [-0.2, 0) is 17.8 Å². The summed E-state index contributed by atoms with van der Waals surface area (Å²) in [5, 5.41) is 29.8. The van der Waals surface area contributed by atoms with Gasteiger partial charge in [0.15, 0.2) is 0 Å². The summed E-state index contributed by atoms with van der Waals surface area (Å²) in [6, 6.07) is 18.2.